The molecule has 1 atom stereocenters. The Balaban J connectivity index is 3.20. The number of rotatable bonds is 2. The van der Waals surface area contributed by atoms with Crippen molar-refractivity contribution in [2.24, 2.45) is 0 Å². The summed E-state index contributed by atoms with van der Waals surface area (Å²) in [6, 6.07) is 4.52. The maximum absolute atomic E-state index is 3.82. The lowest BCUT2D eigenvalue weighted by molar-refractivity contribution is 0.961. The SMILES string of the molecule is C=CC(C)c1cc(C)c(C)c(C)c1. The maximum atomic E-state index is 3.82. The van der Waals surface area contributed by atoms with E-state index in [-0.39, 0.29) is 0 Å². The molecule has 0 saturated carbocycles. The van der Waals surface area contributed by atoms with Crippen LogP contribution in [-0.2, 0) is 0 Å². The van der Waals surface area contributed by atoms with Gasteiger partial charge in [-0.1, -0.05) is 25.1 Å². The van der Waals surface area contributed by atoms with Gasteiger partial charge in [-0.05, 0) is 48.9 Å². The van der Waals surface area contributed by atoms with Crippen molar-refractivity contribution in [1.82, 2.24) is 0 Å². The van der Waals surface area contributed by atoms with E-state index in [4.69, 9.17) is 0 Å². The Hall–Kier alpha value is -1.04. The van der Waals surface area contributed by atoms with Crippen LogP contribution in [0.1, 0.15) is 35.1 Å². The van der Waals surface area contributed by atoms with Gasteiger partial charge < -0.3 is 0 Å². The van der Waals surface area contributed by atoms with Crippen LogP contribution >= 0.6 is 0 Å². The van der Waals surface area contributed by atoms with Crippen molar-refractivity contribution in [1.29, 1.82) is 0 Å². The summed E-state index contributed by atoms with van der Waals surface area (Å²) in [5, 5.41) is 0. The second-order valence-corrected chi connectivity index (χ2v) is 3.80. The van der Waals surface area contributed by atoms with Crippen molar-refractivity contribution < 1.29 is 0 Å². The van der Waals surface area contributed by atoms with Crippen LogP contribution in [0.15, 0.2) is 24.8 Å². The summed E-state index contributed by atoms with van der Waals surface area (Å²) in [4.78, 5) is 0. The zero-order chi connectivity index (χ0) is 10.0. The highest BCUT2D eigenvalue weighted by atomic mass is 14.1. The average Bonchev–Trinajstić information content (AvgIpc) is 2.12. The van der Waals surface area contributed by atoms with E-state index < -0.39 is 0 Å². The maximum Gasteiger partial charge on any atom is -0.00129 e. The van der Waals surface area contributed by atoms with E-state index in [1.54, 1.807) is 0 Å². The van der Waals surface area contributed by atoms with Crippen LogP contribution in [0, 0.1) is 20.8 Å². The third kappa shape index (κ3) is 2.00. The molecule has 1 unspecified atom stereocenters. The smallest absolute Gasteiger partial charge is 0.00129 e. The first-order chi connectivity index (χ1) is 6.06. The van der Waals surface area contributed by atoms with Crippen LogP contribution in [0.2, 0.25) is 0 Å². The van der Waals surface area contributed by atoms with Gasteiger partial charge in [-0.2, -0.15) is 0 Å². The first kappa shape index (κ1) is 10.0. The number of hydrogen-bond acceptors (Lipinski definition) is 0. The third-order valence-electron chi connectivity index (χ3n) is 2.83. The zero-order valence-electron chi connectivity index (χ0n) is 9.02. The molecule has 0 spiro atoms. The Morgan fingerprint density at radius 3 is 2.00 bits per heavy atom. The number of aryl methyl sites for hydroxylation is 2. The van der Waals surface area contributed by atoms with Gasteiger partial charge in [0.2, 0.25) is 0 Å². The first-order valence-electron chi connectivity index (χ1n) is 4.76. The van der Waals surface area contributed by atoms with Crippen LogP contribution in [0.4, 0.5) is 0 Å². The molecule has 0 saturated heterocycles. The van der Waals surface area contributed by atoms with Crippen molar-refractivity contribution in [3.63, 3.8) is 0 Å². The standard InChI is InChI=1S/C13H18/c1-6-9(2)13-7-10(3)12(5)11(4)8-13/h6-9H,1H2,2-5H3. The van der Waals surface area contributed by atoms with E-state index in [0.29, 0.717) is 5.92 Å². The molecule has 0 aromatic heterocycles. The number of hydrogen-bond donors (Lipinski definition) is 0. The molecule has 1 rings (SSSR count). The summed E-state index contributed by atoms with van der Waals surface area (Å²) in [6.07, 6.45) is 1.99. The summed E-state index contributed by atoms with van der Waals surface area (Å²) in [7, 11) is 0. The molecule has 0 aliphatic rings. The highest BCUT2D eigenvalue weighted by Crippen LogP contribution is 2.22. The van der Waals surface area contributed by atoms with Gasteiger partial charge in [0, 0.05) is 0 Å². The molecule has 70 valence electrons. The summed E-state index contributed by atoms with van der Waals surface area (Å²) in [6.45, 7) is 12.5. The molecule has 0 fully saturated rings. The fourth-order valence-corrected chi connectivity index (χ4v) is 1.47. The molecule has 0 aliphatic carbocycles. The van der Waals surface area contributed by atoms with Crippen molar-refractivity contribution in [3.05, 3.63) is 47.0 Å². The predicted molar refractivity (Wildman–Crippen MR) is 59.3 cm³/mol. The van der Waals surface area contributed by atoms with Crippen molar-refractivity contribution in [2.75, 3.05) is 0 Å². The van der Waals surface area contributed by atoms with E-state index in [1.165, 1.54) is 22.3 Å². The second-order valence-electron chi connectivity index (χ2n) is 3.80. The minimum absolute atomic E-state index is 0.456. The van der Waals surface area contributed by atoms with Gasteiger partial charge in [0.05, 0.1) is 0 Å². The molecule has 0 heteroatoms. The van der Waals surface area contributed by atoms with E-state index in [2.05, 4.69) is 46.4 Å². The highest BCUT2D eigenvalue weighted by Gasteiger charge is 2.04. The quantitative estimate of drug-likeness (QED) is 0.596. The minimum atomic E-state index is 0.456. The van der Waals surface area contributed by atoms with Gasteiger partial charge in [0.25, 0.3) is 0 Å². The van der Waals surface area contributed by atoms with Gasteiger partial charge in [-0.15, -0.1) is 6.58 Å². The summed E-state index contributed by atoms with van der Waals surface area (Å²) < 4.78 is 0. The molecule has 0 radical (unpaired) electrons. The summed E-state index contributed by atoms with van der Waals surface area (Å²) >= 11 is 0. The fraction of sp³-hybridized carbons (Fsp3) is 0.385. The van der Waals surface area contributed by atoms with E-state index in [0.717, 1.165) is 0 Å². The Labute approximate surface area is 81.3 Å². The van der Waals surface area contributed by atoms with E-state index in [9.17, 15) is 0 Å². The van der Waals surface area contributed by atoms with Crippen LogP contribution < -0.4 is 0 Å². The fourth-order valence-electron chi connectivity index (χ4n) is 1.47. The Morgan fingerprint density at radius 1 is 1.15 bits per heavy atom. The molecule has 0 nitrogen and oxygen atoms in total. The minimum Gasteiger partial charge on any atom is -0.102 e. The van der Waals surface area contributed by atoms with Crippen LogP contribution in [-0.4, -0.2) is 0 Å². The first-order valence-corrected chi connectivity index (χ1v) is 4.76. The van der Waals surface area contributed by atoms with Gasteiger partial charge >= 0.3 is 0 Å². The molecule has 0 amide bonds. The molecular formula is C13H18. The van der Waals surface area contributed by atoms with Gasteiger partial charge in [-0.25, -0.2) is 0 Å². The van der Waals surface area contributed by atoms with E-state index in [1.807, 2.05) is 6.08 Å². The van der Waals surface area contributed by atoms with Crippen molar-refractivity contribution in [3.8, 4) is 0 Å². The Morgan fingerprint density at radius 2 is 1.62 bits per heavy atom. The van der Waals surface area contributed by atoms with E-state index >= 15 is 0 Å². The largest absolute Gasteiger partial charge is 0.102 e. The molecule has 1 aromatic rings. The molecular weight excluding hydrogens is 156 g/mol. The lowest BCUT2D eigenvalue weighted by Crippen LogP contribution is -1.94. The van der Waals surface area contributed by atoms with Gasteiger partial charge in [-0.3, -0.25) is 0 Å². The number of allylic oxidation sites excluding steroid dienone is 1. The lowest BCUT2D eigenvalue weighted by Gasteiger charge is -2.11. The average molecular weight is 174 g/mol. The third-order valence-corrected chi connectivity index (χ3v) is 2.83. The Kier molecular flexibility index (Phi) is 2.92. The Bertz CT molecular complexity index is 298. The summed E-state index contributed by atoms with van der Waals surface area (Å²) in [5.41, 5.74) is 5.53. The normalized spacial score (nSPS) is 12.6. The molecule has 0 aliphatic heterocycles. The number of benzene rings is 1. The van der Waals surface area contributed by atoms with Crippen LogP contribution in [0.5, 0.6) is 0 Å². The highest BCUT2D eigenvalue weighted by molar-refractivity contribution is 5.39. The zero-order valence-corrected chi connectivity index (χ0v) is 9.02. The molecule has 13 heavy (non-hydrogen) atoms. The van der Waals surface area contributed by atoms with Crippen LogP contribution in [0.25, 0.3) is 0 Å². The molecule has 0 heterocycles. The lowest BCUT2D eigenvalue weighted by atomic mass is 9.94. The van der Waals surface area contributed by atoms with Gasteiger partial charge in [0.1, 0.15) is 0 Å². The molecule has 0 N–H and O–H groups in total. The summed E-state index contributed by atoms with van der Waals surface area (Å²) in [5.74, 6) is 0.456. The predicted octanol–water partition coefficient (Wildman–Crippen LogP) is 3.90. The van der Waals surface area contributed by atoms with Crippen LogP contribution in [0.3, 0.4) is 0 Å². The molecule has 0 bridgehead atoms. The molecule has 1 aromatic carbocycles. The van der Waals surface area contributed by atoms with Crippen molar-refractivity contribution in [2.45, 2.75) is 33.6 Å². The second kappa shape index (κ2) is 3.78. The monoisotopic (exact) mass is 174 g/mol. The van der Waals surface area contributed by atoms with Crippen molar-refractivity contribution >= 4 is 0 Å². The van der Waals surface area contributed by atoms with Gasteiger partial charge in [0.15, 0.2) is 0 Å². The topological polar surface area (TPSA) is 0 Å².